The van der Waals surface area contributed by atoms with Crippen LogP contribution in [0.3, 0.4) is 0 Å². The summed E-state index contributed by atoms with van der Waals surface area (Å²) in [5.74, 6) is -0.482. The summed E-state index contributed by atoms with van der Waals surface area (Å²) in [6.07, 6.45) is 8.16. The van der Waals surface area contributed by atoms with Gasteiger partial charge >= 0.3 is 6.09 Å². The number of anilines is 2. The zero-order valence-electron chi connectivity index (χ0n) is 30.7. The highest BCUT2D eigenvalue weighted by molar-refractivity contribution is 5.99. The third-order valence-corrected chi connectivity index (χ3v) is 10.6. The number of fused-ring (bicyclic) bond motifs is 1. The highest BCUT2D eigenvalue weighted by Crippen LogP contribution is 2.41. The highest BCUT2D eigenvalue weighted by Gasteiger charge is 2.39. The zero-order chi connectivity index (χ0) is 37.6. The van der Waals surface area contributed by atoms with Gasteiger partial charge < -0.3 is 30.5 Å². The van der Waals surface area contributed by atoms with Crippen molar-refractivity contribution in [1.82, 2.24) is 20.1 Å². The first kappa shape index (κ1) is 37.2. The maximum Gasteiger partial charge on any atom is 0.407 e. The summed E-state index contributed by atoms with van der Waals surface area (Å²) in [6, 6.07) is 17.3. The van der Waals surface area contributed by atoms with Crippen LogP contribution in [0.15, 0.2) is 72.9 Å². The summed E-state index contributed by atoms with van der Waals surface area (Å²) in [7, 11) is 1.24. The first-order chi connectivity index (χ1) is 25.5. The van der Waals surface area contributed by atoms with Crippen molar-refractivity contribution in [2.45, 2.75) is 82.8 Å². The molecule has 0 radical (unpaired) electrons. The second-order valence-corrected chi connectivity index (χ2v) is 14.4. The Kier molecular flexibility index (Phi) is 11.6. The van der Waals surface area contributed by atoms with Crippen LogP contribution >= 0.6 is 0 Å². The lowest BCUT2D eigenvalue weighted by Gasteiger charge is -2.30. The van der Waals surface area contributed by atoms with Gasteiger partial charge in [0.05, 0.1) is 13.5 Å². The van der Waals surface area contributed by atoms with Crippen molar-refractivity contribution in [2.75, 3.05) is 30.8 Å². The predicted molar refractivity (Wildman–Crippen MR) is 202 cm³/mol. The standard InChI is InChI=1S/C41H48N6O6/c1-25(2)37(45-41(52)53-4)40(51)47-21-9-13-34(47)39(50)44-35-19-15-29(24-42-35)32-17-14-28-23-30(16-18-31(28)26(32)3)43-38(49)33-12-8-20-46(33)36(48)22-27-10-6-5-7-11-27/h5-7,10-11,14-19,23-26,32-34,37H,8-9,12-13,20-22H2,1-4H3,(H,43,49)(H,45,52)(H,42,44,50). The molecule has 12 heteroatoms. The average Bonchev–Trinajstić information content (AvgIpc) is 3.86. The quantitative estimate of drug-likeness (QED) is 0.251. The molecular weight excluding hydrogens is 672 g/mol. The Bertz CT molecular complexity index is 1860. The van der Waals surface area contributed by atoms with Gasteiger partial charge in [0.1, 0.15) is 23.9 Å². The molecule has 2 aromatic carbocycles. The lowest BCUT2D eigenvalue weighted by molar-refractivity contribution is -0.139. The molecule has 2 aliphatic heterocycles. The van der Waals surface area contributed by atoms with Crippen molar-refractivity contribution in [3.05, 3.63) is 95.2 Å². The molecule has 3 aromatic rings. The number of methoxy groups -OCH3 is 1. The third-order valence-electron chi connectivity index (χ3n) is 10.6. The number of benzene rings is 2. The van der Waals surface area contributed by atoms with Gasteiger partial charge in [0.2, 0.25) is 23.6 Å². The number of nitrogens with one attached hydrogen (secondary N) is 3. The molecule has 0 saturated carbocycles. The summed E-state index contributed by atoms with van der Waals surface area (Å²) >= 11 is 0. The Morgan fingerprint density at radius 2 is 1.58 bits per heavy atom. The summed E-state index contributed by atoms with van der Waals surface area (Å²) in [4.78, 5) is 72.8. The predicted octanol–water partition coefficient (Wildman–Crippen LogP) is 5.48. The van der Waals surface area contributed by atoms with Crippen LogP contribution in [0.1, 0.15) is 80.5 Å². The van der Waals surface area contributed by atoms with E-state index in [1.165, 1.54) is 12.0 Å². The number of nitrogens with zero attached hydrogens (tertiary/aromatic N) is 3. The molecule has 0 spiro atoms. The largest absolute Gasteiger partial charge is 0.453 e. The second-order valence-electron chi connectivity index (χ2n) is 14.4. The molecule has 2 saturated heterocycles. The number of hydrogen-bond acceptors (Lipinski definition) is 7. The first-order valence-electron chi connectivity index (χ1n) is 18.4. The zero-order valence-corrected chi connectivity index (χ0v) is 30.7. The summed E-state index contributed by atoms with van der Waals surface area (Å²) in [6.45, 7) is 6.81. The maximum atomic E-state index is 13.4. The van der Waals surface area contributed by atoms with Gasteiger partial charge in [0.25, 0.3) is 0 Å². The number of rotatable bonds is 10. The van der Waals surface area contributed by atoms with E-state index in [0.29, 0.717) is 43.9 Å². The molecule has 12 nitrogen and oxygen atoms in total. The molecule has 278 valence electrons. The van der Waals surface area contributed by atoms with Crippen molar-refractivity contribution >= 4 is 47.3 Å². The van der Waals surface area contributed by atoms with E-state index in [-0.39, 0.29) is 47.8 Å². The average molecular weight is 721 g/mol. The molecule has 6 rings (SSSR count). The van der Waals surface area contributed by atoms with Crippen LogP contribution in [0.2, 0.25) is 0 Å². The molecule has 3 heterocycles. The Morgan fingerprint density at radius 1 is 0.887 bits per heavy atom. The van der Waals surface area contributed by atoms with Crippen LogP contribution in [0, 0.1) is 5.92 Å². The summed E-state index contributed by atoms with van der Waals surface area (Å²) in [5.41, 5.74) is 4.77. The number of carbonyl (C=O) groups is 5. The van der Waals surface area contributed by atoms with E-state index in [1.807, 2.05) is 68.4 Å². The van der Waals surface area contributed by atoms with E-state index in [1.54, 1.807) is 17.2 Å². The Labute approximate surface area is 310 Å². The van der Waals surface area contributed by atoms with E-state index in [9.17, 15) is 24.0 Å². The summed E-state index contributed by atoms with van der Waals surface area (Å²) in [5, 5.41) is 8.53. The Morgan fingerprint density at radius 3 is 2.26 bits per heavy atom. The van der Waals surface area contributed by atoms with E-state index < -0.39 is 24.2 Å². The van der Waals surface area contributed by atoms with Gasteiger partial charge in [-0.3, -0.25) is 19.2 Å². The molecule has 3 aliphatic rings. The van der Waals surface area contributed by atoms with Crippen molar-refractivity contribution in [3.8, 4) is 0 Å². The van der Waals surface area contributed by atoms with Gasteiger partial charge in [0.15, 0.2) is 0 Å². The van der Waals surface area contributed by atoms with Gasteiger partial charge in [-0.2, -0.15) is 0 Å². The molecular formula is C41H48N6O6. The molecule has 2 fully saturated rings. The van der Waals surface area contributed by atoms with Crippen LogP contribution in [0.25, 0.3) is 6.08 Å². The van der Waals surface area contributed by atoms with Gasteiger partial charge in [-0.05, 0) is 78.0 Å². The number of likely N-dealkylation sites (tertiary alicyclic amines) is 2. The molecule has 5 amide bonds. The Balaban J connectivity index is 1.06. The van der Waals surface area contributed by atoms with Crippen LogP contribution in [-0.4, -0.2) is 82.8 Å². The normalized spacial score (nSPS) is 21.2. The molecule has 5 unspecified atom stereocenters. The van der Waals surface area contributed by atoms with E-state index in [2.05, 4.69) is 40.0 Å². The molecule has 53 heavy (non-hydrogen) atoms. The number of carbonyl (C=O) groups excluding carboxylic acids is 5. The fourth-order valence-corrected chi connectivity index (χ4v) is 7.68. The SMILES string of the molecule is COC(=O)NC(C(=O)N1CCCC1C(=O)Nc1ccc(C2C=Cc3cc(NC(=O)C4CCCN4C(=O)Cc4ccccc4)ccc3C2C)cn1)C(C)C. The third kappa shape index (κ3) is 8.42. The lowest BCUT2D eigenvalue weighted by Crippen LogP contribution is -2.54. The van der Waals surface area contributed by atoms with Gasteiger partial charge in [-0.15, -0.1) is 0 Å². The second kappa shape index (κ2) is 16.4. The van der Waals surface area contributed by atoms with Crippen LogP contribution in [0.4, 0.5) is 16.3 Å². The minimum absolute atomic E-state index is 0.0365. The number of aromatic nitrogens is 1. The number of hydrogen-bond donors (Lipinski definition) is 3. The number of amides is 5. The monoisotopic (exact) mass is 720 g/mol. The minimum atomic E-state index is -0.806. The van der Waals surface area contributed by atoms with Gasteiger partial charge in [0, 0.05) is 30.9 Å². The topological polar surface area (TPSA) is 150 Å². The lowest BCUT2D eigenvalue weighted by atomic mass is 9.77. The molecule has 3 N–H and O–H groups in total. The van der Waals surface area contributed by atoms with Crippen molar-refractivity contribution in [2.24, 2.45) is 5.92 Å². The highest BCUT2D eigenvalue weighted by atomic mass is 16.5. The maximum absolute atomic E-state index is 13.4. The fraction of sp³-hybridized carbons (Fsp3) is 0.415. The number of ether oxygens (including phenoxy) is 1. The Hall–Kier alpha value is -5.52. The van der Waals surface area contributed by atoms with E-state index in [0.717, 1.165) is 28.7 Å². The van der Waals surface area contributed by atoms with E-state index >= 15 is 0 Å². The van der Waals surface area contributed by atoms with Gasteiger partial charge in [-0.25, -0.2) is 9.78 Å². The van der Waals surface area contributed by atoms with Crippen molar-refractivity contribution in [1.29, 1.82) is 0 Å². The minimum Gasteiger partial charge on any atom is -0.453 e. The number of allylic oxidation sites excluding steroid dienone is 1. The van der Waals surface area contributed by atoms with Crippen LogP contribution < -0.4 is 16.0 Å². The number of pyridine rings is 1. The van der Waals surface area contributed by atoms with Gasteiger partial charge in [-0.1, -0.05) is 75.4 Å². The van der Waals surface area contributed by atoms with E-state index in [4.69, 9.17) is 4.74 Å². The van der Waals surface area contributed by atoms with Crippen LogP contribution in [-0.2, 0) is 30.3 Å². The van der Waals surface area contributed by atoms with Crippen molar-refractivity contribution in [3.63, 3.8) is 0 Å². The molecule has 1 aliphatic carbocycles. The molecule has 0 bridgehead atoms. The first-order valence-corrected chi connectivity index (χ1v) is 18.4. The van der Waals surface area contributed by atoms with Crippen molar-refractivity contribution < 1.29 is 28.7 Å². The fourth-order valence-electron chi connectivity index (χ4n) is 7.68. The smallest absolute Gasteiger partial charge is 0.407 e. The molecule has 1 aromatic heterocycles. The summed E-state index contributed by atoms with van der Waals surface area (Å²) < 4.78 is 4.69. The van der Waals surface area contributed by atoms with Crippen LogP contribution in [0.5, 0.6) is 0 Å². The molecule has 5 atom stereocenters. The number of alkyl carbamates (subject to hydrolysis) is 1.